The summed E-state index contributed by atoms with van der Waals surface area (Å²) in [5.74, 6) is 8.30. The number of nitrogens with two attached hydrogens (primary N) is 1. The molecular weight excluding hydrogens is 516 g/mol. The lowest BCUT2D eigenvalue weighted by atomic mass is 10.1. The molecule has 8 N–H and O–H groups in total. The van der Waals surface area contributed by atoms with Crippen LogP contribution in [0.5, 0.6) is 0 Å². The Bertz CT molecular complexity index is 1150. The summed E-state index contributed by atoms with van der Waals surface area (Å²) in [5.41, 5.74) is 19.0. The molecule has 0 saturated carbocycles. The minimum atomic E-state index is -1.21. The molecule has 1 saturated heterocycles. The molecule has 16 heteroatoms. The van der Waals surface area contributed by atoms with Crippen molar-refractivity contribution in [2.45, 2.75) is 50.0 Å². The monoisotopic (exact) mass is 550 g/mol. The first kappa shape index (κ1) is 29.4. The van der Waals surface area contributed by atoms with Crippen LogP contribution in [0.3, 0.4) is 0 Å². The van der Waals surface area contributed by atoms with Crippen LogP contribution in [-0.4, -0.2) is 97.6 Å². The molecule has 0 radical (unpaired) electrons. The van der Waals surface area contributed by atoms with E-state index in [2.05, 4.69) is 47.9 Å². The van der Waals surface area contributed by atoms with E-state index in [1.807, 2.05) is 0 Å². The molecule has 3 heterocycles. The van der Waals surface area contributed by atoms with Crippen molar-refractivity contribution in [3.63, 3.8) is 0 Å². The summed E-state index contributed by atoms with van der Waals surface area (Å²) in [6, 6.07) is 0. The highest BCUT2D eigenvalue weighted by Crippen LogP contribution is 2.33. The molecule has 0 spiro atoms. The number of azide groups is 1. The van der Waals surface area contributed by atoms with Crippen LogP contribution in [-0.2, 0) is 25.2 Å². The lowest BCUT2D eigenvalue weighted by Crippen LogP contribution is -2.53. The van der Waals surface area contributed by atoms with Gasteiger partial charge in [-0.25, -0.2) is 15.0 Å². The van der Waals surface area contributed by atoms with Gasteiger partial charge in [-0.15, -0.1) is 0 Å². The van der Waals surface area contributed by atoms with Crippen LogP contribution in [0.2, 0.25) is 0 Å². The Balaban J connectivity index is 1.70. The fourth-order valence-corrected chi connectivity index (χ4v) is 5.91. The van der Waals surface area contributed by atoms with Gasteiger partial charge in [0.05, 0.1) is 19.4 Å². The number of imidazole rings is 1. The Hall–Kier alpha value is -3.16. The zero-order chi connectivity index (χ0) is 27.3. The van der Waals surface area contributed by atoms with Crippen molar-refractivity contribution in [1.82, 2.24) is 19.5 Å². The number of hydrogen-bond donors (Lipinski definition) is 5. The molecule has 38 heavy (non-hydrogen) atoms. The number of rotatable bonds is 15. The van der Waals surface area contributed by atoms with Gasteiger partial charge in [0.1, 0.15) is 36.1 Å². The predicted molar refractivity (Wildman–Crippen MR) is 140 cm³/mol. The zero-order valence-electron chi connectivity index (χ0n) is 20.9. The lowest BCUT2D eigenvalue weighted by molar-refractivity contribution is -0.362. The molecule has 1 fully saturated rings. The van der Waals surface area contributed by atoms with E-state index >= 15 is 0 Å². The third-order valence-corrected chi connectivity index (χ3v) is 7.95. The second-order valence-corrected chi connectivity index (χ2v) is 10.7. The van der Waals surface area contributed by atoms with Crippen molar-refractivity contribution in [3.8, 4) is 11.8 Å². The maximum Gasteiger partial charge on any atom is 0.294 e. The Kier molecular flexibility index (Phi) is 11.8. The van der Waals surface area contributed by atoms with Crippen molar-refractivity contribution in [2.24, 2.45) is 10.8 Å². The van der Waals surface area contributed by atoms with Crippen LogP contribution in [0.1, 0.15) is 25.5 Å². The fourth-order valence-electron chi connectivity index (χ4n) is 3.86. The number of nitrogens with zero attached hydrogens (tertiary/aromatic N) is 7. The van der Waals surface area contributed by atoms with Gasteiger partial charge in [-0.2, -0.15) is 0 Å². The van der Waals surface area contributed by atoms with Gasteiger partial charge in [0.2, 0.25) is 0 Å². The number of anilines is 1. The third-order valence-electron chi connectivity index (χ3n) is 5.79. The number of carbonyl (C=O) groups excluding carboxylic acids is 1. The molecule has 2 aromatic rings. The summed E-state index contributed by atoms with van der Waals surface area (Å²) in [5, 5.41) is 28.3. The second kappa shape index (κ2) is 15.3. The largest absolute Gasteiger partial charge is 0.449 e. The molecule has 6 atom stereocenters. The Labute approximate surface area is 222 Å². The minimum absolute atomic E-state index is 0.316. The highest BCUT2D eigenvalue weighted by Gasteiger charge is 2.47. The zero-order valence-corrected chi connectivity index (χ0v) is 21.7. The number of aliphatic hydroxyl groups is 2. The van der Waals surface area contributed by atoms with Crippen LogP contribution < -0.4 is 16.8 Å². The number of hydrogen-bond acceptors (Lipinski definition) is 11. The smallest absolute Gasteiger partial charge is 0.294 e. The number of carbonyl (C=O) groups is 1. The van der Waals surface area contributed by atoms with Gasteiger partial charge in [0.25, 0.3) is 6.47 Å². The number of nitrogens with one attached hydrogen (secondary N) is 1. The van der Waals surface area contributed by atoms with E-state index in [1.165, 1.54) is 12.7 Å². The molecule has 1 aliphatic heterocycles. The second-order valence-electron chi connectivity index (χ2n) is 8.47. The molecule has 0 aromatic carbocycles. The van der Waals surface area contributed by atoms with E-state index in [0.717, 1.165) is 0 Å². The summed E-state index contributed by atoms with van der Waals surface area (Å²) in [6.07, 6.45) is -0.0770. The van der Waals surface area contributed by atoms with E-state index < -0.39 is 30.8 Å². The van der Waals surface area contributed by atoms with Crippen molar-refractivity contribution in [2.75, 3.05) is 42.2 Å². The lowest BCUT2D eigenvalue weighted by Gasteiger charge is -2.17. The maximum absolute atomic E-state index is 10.9. The van der Waals surface area contributed by atoms with Crippen LogP contribution >= 0.6 is 0 Å². The number of unbranched alkanes of at least 4 members (excludes halogenated alkanes) is 1. The summed E-state index contributed by atoms with van der Waals surface area (Å²) in [6.45, 7) is 1.98. The number of fused-ring (bicyclic) bond motifs is 1. The van der Waals surface area contributed by atoms with Crippen LogP contribution in [0.25, 0.3) is 21.6 Å². The molecule has 206 valence electrons. The Morgan fingerprint density at radius 2 is 2.24 bits per heavy atom. The summed E-state index contributed by atoms with van der Waals surface area (Å²) >= 11 is 0. The average molecular weight is 551 g/mol. The number of aliphatic hydroxyl groups excluding tert-OH is 2. The molecule has 3 rings (SSSR count). The topological polar surface area (TPSA) is 234 Å². The first-order valence-electron chi connectivity index (χ1n) is 12.2. The van der Waals surface area contributed by atoms with E-state index in [-0.39, 0.29) is 10.9 Å². The Morgan fingerprint density at radius 1 is 1.39 bits per heavy atom. The molecule has 0 amide bonds. The minimum Gasteiger partial charge on any atom is -0.449 e. The van der Waals surface area contributed by atoms with Gasteiger partial charge < -0.3 is 30.7 Å². The quantitative estimate of drug-likeness (QED) is 0.0256. The van der Waals surface area contributed by atoms with Crippen LogP contribution in [0.15, 0.2) is 17.8 Å². The van der Waals surface area contributed by atoms with Crippen molar-refractivity contribution >= 4 is 34.3 Å². The first-order chi connectivity index (χ1) is 18.5. The van der Waals surface area contributed by atoms with Gasteiger partial charge in [0.15, 0.2) is 35.2 Å². The number of ether oxygens (including phenoxy) is 2. The first-order valence-corrected chi connectivity index (χ1v) is 13.9. The van der Waals surface area contributed by atoms with Crippen molar-refractivity contribution in [3.05, 3.63) is 23.1 Å². The maximum atomic E-state index is 10.9. The van der Waals surface area contributed by atoms with Crippen molar-refractivity contribution in [1.29, 1.82) is 0 Å². The molecule has 0 bridgehead atoms. The van der Waals surface area contributed by atoms with Gasteiger partial charge in [0, 0.05) is 35.2 Å². The summed E-state index contributed by atoms with van der Waals surface area (Å²) in [7, 11) is -0.373. The van der Waals surface area contributed by atoms with Gasteiger partial charge >= 0.3 is 0 Å². The van der Waals surface area contributed by atoms with E-state index in [1.54, 1.807) is 4.57 Å². The average Bonchev–Trinajstić information content (AvgIpc) is 3.46. The summed E-state index contributed by atoms with van der Waals surface area (Å²) < 4.78 is 12.5. The van der Waals surface area contributed by atoms with Crippen molar-refractivity contribution < 1.29 is 30.2 Å². The van der Waals surface area contributed by atoms with Crippen LogP contribution in [0, 0.1) is 11.8 Å². The molecule has 0 aliphatic carbocycles. The molecule has 3 unspecified atom stereocenters. The molecule has 2 aromatic heterocycles. The standard InChI is InChI=1S/C22H33N10O5S/c23-6-8-26-20-17-21(28-12-27-20)32(13-29-17)22-19(35)18(34)15(37-22)11-38(10-5-16(24)36-14-33)9-4-2-1-3-7-30-31-25/h12-16,18-19,22,34-35H,1,3,5-11,23-24H2,(H,26,27,28)/q+1/p+1/t15-,16?,18?,19+,22-,38?/m1/s1. The molecule has 1 aliphatic rings. The molecular formula is C22H34N10O5S+2. The number of quaternary nitrogens is 1. The SMILES string of the molecule is [N-]=[N+]=NCCCC#CC[S+](CCC(N)OC=O)C[C@H]1O[C@@H](n2cnc3c(NCC[NH3+])ncnc32)[C@@H](O)C1O. The Morgan fingerprint density at radius 3 is 3.00 bits per heavy atom. The van der Waals surface area contributed by atoms with E-state index in [0.29, 0.717) is 79.6 Å². The normalized spacial score (nSPS) is 22.2. The van der Waals surface area contributed by atoms with Gasteiger partial charge in [-0.3, -0.25) is 15.1 Å². The summed E-state index contributed by atoms with van der Waals surface area (Å²) in [4.78, 5) is 26.2. The third kappa shape index (κ3) is 7.92. The molecule has 15 nitrogen and oxygen atoms in total. The fraction of sp³-hybridized carbons (Fsp3) is 0.636. The predicted octanol–water partition coefficient (Wildman–Crippen LogP) is -1.34. The highest BCUT2D eigenvalue weighted by atomic mass is 32.2. The number of aromatic nitrogens is 4. The van der Waals surface area contributed by atoms with E-state index in [9.17, 15) is 15.0 Å². The van der Waals surface area contributed by atoms with Gasteiger partial charge in [-0.1, -0.05) is 11.0 Å². The van der Waals surface area contributed by atoms with E-state index in [4.69, 9.17) is 20.7 Å². The van der Waals surface area contributed by atoms with Gasteiger partial charge in [-0.05, 0) is 17.9 Å². The highest BCUT2D eigenvalue weighted by molar-refractivity contribution is 7.97. The van der Waals surface area contributed by atoms with Crippen LogP contribution in [0.4, 0.5) is 5.82 Å².